The van der Waals surface area contributed by atoms with Gasteiger partial charge in [0.2, 0.25) is 5.82 Å². The molecule has 170 valence electrons. The molecule has 0 saturated carbocycles. The lowest BCUT2D eigenvalue weighted by Gasteiger charge is -2.14. The molecule has 0 aliphatic carbocycles. The molecule has 6 rings (SSSR count). The van der Waals surface area contributed by atoms with Gasteiger partial charge in [-0.3, -0.25) is 9.36 Å². The van der Waals surface area contributed by atoms with Gasteiger partial charge >= 0.3 is 0 Å². The Morgan fingerprint density at radius 2 is 1.77 bits per heavy atom. The molecule has 35 heavy (non-hydrogen) atoms. The lowest BCUT2D eigenvalue weighted by atomic mass is 9.98. The zero-order chi connectivity index (χ0) is 23.8. The second kappa shape index (κ2) is 8.90. The zero-order valence-corrected chi connectivity index (χ0v) is 19.8. The van der Waals surface area contributed by atoms with Crippen molar-refractivity contribution in [3.05, 3.63) is 105 Å². The summed E-state index contributed by atoms with van der Waals surface area (Å²) < 4.78 is 1.73. The van der Waals surface area contributed by atoms with E-state index in [1.54, 1.807) is 15.9 Å². The van der Waals surface area contributed by atoms with Gasteiger partial charge in [-0.25, -0.2) is 4.98 Å². The first kappa shape index (κ1) is 21.4. The number of hydrogen-bond donors (Lipinski definition) is 1. The number of aromatic nitrogens is 6. The van der Waals surface area contributed by atoms with Gasteiger partial charge in [-0.1, -0.05) is 60.1 Å². The summed E-state index contributed by atoms with van der Waals surface area (Å²) in [6.45, 7) is 0.385. The van der Waals surface area contributed by atoms with Crippen molar-refractivity contribution in [2.75, 3.05) is 0 Å². The molecule has 9 heteroatoms. The van der Waals surface area contributed by atoms with Crippen LogP contribution in [0.4, 0.5) is 0 Å². The second-order valence-corrected chi connectivity index (χ2v) is 9.33. The molecule has 0 aliphatic heterocycles. The number of H-pyrrole nitrogens is 1. The summed E-state index contributed by atoms with van der Waals surface area (Å²) in [7, 11) is 0. The Morgan fingerprint density at radius 3 is 2.51 bits per heavy atom. The van der Waals surface area contributed by atoms with Crippen LogP contribution in [0.2, 0.25) is 5.02 Å². The molecule has 7 nitrogen and oxygen atoms in total. The van der Waals surface area contributed by atoms with Crippen molar-refractivity contribution >= 4 is 33.8 Å². The Morgan fingerprint density at radius 1 is 0.943 bits per heavy atom. The average molecular weight is 497 g/mol. The van der Waals surface area contributed by atoms with Crippen LogP contribution in [0.15, 0.2) is 89.0 Å². The molecule has 0 atom stereocenters. The average Bonchev–Trinajstić information content (AvgIpc) is 3.62. The number of nitrogens with zero attached hydrogens (tertiary/aromatic N) is 5. The summed E-state index contributed by atoms with van der Waals surface area (Å²) in [5, 5.41) is 17.6. The number of fused-ring (bicyclic) bond motifs is 1. The smallest absolute Gasteiger partial charge is 0.262 e. The van der Waals surface area contributed by atoms with Gasteiger partial charge in [-0.2, -0.15) is 5.21 Å². The number of tetrazole rings is 1. The van der Waals surface area contributed by atoms with Gasteiger partial charge in [0, 0.05) is 10.6 Å². The third kappa shape index (κ3) is 4.03. The molecule has 0 radical (unpaired) electrons. The van der Waals surface area contributed by atoms with Crippen molar-refractivity contribution in [2.45, 2.75) is 6.54 Å². The molecule has 3 heterocycles. The monoisotopic (exact) mass is 496 g/mol. The van der Waals surface area contributed by atoms with Crippen LogP contribution >= 0.6 is 22.9 Å². The summed E-state index contributed by atoms with van der Waals surface area (Å²) in [4.78, 5) is 19.7. The third-order valence-electron chi connectivity index (χ3n) is 5.77. The standard InChI is InChI=1S/C26H17ClN6OS/c27-18-10-7-16(8-11-18)15-33-25(23-6-3-13-35-23)28-22-12-9-17(14-21(22)26(33)34)19-4-1-2-5-20(19)24-29-31-32-30-24/h1-14H,15H2,(H,29,30,31,32). The second-order valence-electron chi connectivity index (χ2n) is 7.94. The van der Waals surface area contributed by atoms with Crippen LogP contribution in [-0.4, -0.2) is 30.2 Å². The van der Waals surface area contributed by atoms with E-state index >= 15 is 0 Å². The third-order valence-corrected chi connectivity index (χ3v) is 6.89. The molecule has 0 aliphatic rings. The van der Waals surface area contributed by atoms with Gasteiger partial charge in [0.15, 0.2) is 5.82 Å². The number of aromatic amines is 1. The maximum Gasteiger partial charge on any atom is 0.262 e. The number of thiophene rings is 1. The van der Waals surface area contributed by atoms with E-state index in [0.29, 0.717) is 34.1 Å². The Labute approximate surface area is 208 Å². The number of rotatable bonds is 5. The highest BCUT2D eigenvalue weighted by Gasteiger charge is 2.17. The van der Waals surface area contributed by atoms with Crippen molar-refractivity contribution in [3.8, 4) is 33.2 Å². The first-order valence-corrected chi connectivity index (χ1v) is 12.1. The molecule has 3 aromatic heterocycles. The Bertz CT molecular complexity index is 1690. The Kier molecular flexibility index (Phi) is 5.44. The molecular formula is C26H17ClN6OS. The van der Waals surface area contributed by atoms with E-state index in [0.717, 1.165) is 27.1 Å². The maximum atomic E-state index is 13.9. The molecule has 0 bridgehead atoms. The van der Waals surface area contributed by atoms with Gasteiger partial charge in [-0.15, -0.1) is 21.5 Å². The fourth-order valence-corrected chi connectivity index (χ4v) is 4.96. The van der Waals surface area contributed by atoms with Crippen LogP contribution in [-0.2, 0) is 6.54 Å². The molecule has 0 unspecified atom stereocenters. The van der Waals surface area contributed by atoms with E-state index < -0.39 is 0 Å². The predicted octanol–water partition coefficient (Wildman–Crippen LogP) is 5.67. The van der Waals surface area contributed by atoms with Crippen molar-refractivity contribution in [1.82, 2.24) is 30.2 Å². The van der Waals surface area contributed by atoms with Crippen LogP contribution in [0.5, 0.6) is 0 Å². The van der Waals surface area contributed by atoms with Gasteiger partial charge in [0.05, 0.1) is 22.3 Å². The zero-order valence-electron chi connectivity index (χ0n) is 18.2. The highest BCUT2D eigenvalue weighted by Crippen LogP contribution is 2.32. The van der Waals surface area contributed by atoms with Crippen molar-refractivity contribution in [2.24, 2.45) is 0 Å². The Balaban J connectivity index is 1.54. The molecule has 0 saturated heterocycles. The van der Waals surface area contributed by atoms with Gasteiger partial charge in [0.25, 0.3) is 5.56 Å². The van der Waals surface area contributed by atoms with Crippen LogP contribution in [0.3, 0.4) is 0 Å². The van der Waals surface area contributed by atoms with Gasteiger partial charge < -0.3 is 0 Å². The number of benzene rings is 3. The summed E-state index contributed by atoms with van der Waals surface area (Å²) in [6.07, 6.45) is 0. The fourth-order valence-electron chi connectivity index (χ4n) is 4.11. The first-order chi connectivity index (χ1) is 17.2. The molecule has 6 aromatic rings. The van der Waals surface area contributed by atoms with E-state index in [9.17, 15) is 4.79 Å². The van der Waals surface area contributed by atoms with E-state index in [-0.39, 0.29) is 5.56 Å². The van der Waals surface area contributed by atoms with E-state index in [1.807, 2.05) is 84.2 Å². The SMILES string of the molecule is O=c1c2cc(-c3ccccc3-c3nn[nH]n3)ccc2nc(-c2cccs2)n1Cc1ccc(Cl)cc1. The highest BCUT2D eigenvalue weighted by atomic mass is 35.5. The van der Waals surface area contributed by atoms with Crippen LogP contribution in [0.1, 0.15) is 5.56 Å². The summed E-state index contributed by atoms with van der Waals surface area (Å²) in [5.41, 5.74) is 4.11. The summed E-state index contributed by atoms with van der Waals surface area (Å²) in [5.74, 6) is 1.14. The number of halogens is 1. The maximum absolute atomic E-state index is 13.9. The van der Waals surface area contributed by atoms with Gasteiger partial charge in [-0.05, 0) is 57.6 Å². The quantitative estimate of drug-likeness (QED) is 0.332. The number of nitrogens with one attached hydrogen (secondary N) is 1. The number of hydrogen-bond acceptors (Lipinski definition) is 6. The first-order valence-electron chi connectivity index (χ1n) is 10.8. The van der Waals surface area contributed by atoms with Crippen LogP contribution < -0.4 is 5.56 Å². The molecular weight excluding hydrogens is 480 g/mol. The highest BCUT2D eigenvalue weighted by molar-refractivity contribution is 7.13. The largest absolute Gasteiger partial charge is 0.287 e. The van der Waals surface area contributed by atoms with Gasteiger partial charge in [0.1, 0.15) is 0 Å². The molecule has 1 N–H and O–H groups in total. The van der Waals surface area contributed by atoms with Crippen molar-refractivity contribution < 1.29 is 0 Å². The summed E-state index contributed by atoms with van der Waals surface area (Å²) >= 11 is 7.62. The van der Waals surface area contributed by atoms with E-state index in [4.69, 9.17) is 16.6 Å². The molecule has 3 aromatic carbocycles. The topological polar surface area (TPSA) is 89.3 Å². The normalized spacial score (nSPS) is 11.2. The Hall–Kier alpha value is -4.14. The van der Waals surface area contributed by atoms with Crippen LogP contribution in [0, 0.1) is 0 Å². The fraction of sp³-hybridized carbons (Fsp3) is 0.0385. The minimum atomic E-state index is -0.104. The van der Waals surface area contributed by atoms with Crippen molar-refractivity contribution in [3.63, 3.8) is 0 Å². The minimum absolute atomic E-state index is 0.104. The van der Waals surface area contributed by atoms with E-state index in [2.05, 4.69) is 20.6 Å². The van der Waals surface area contributed by atoms with E-state index in [1.165, 1.54) is 0 Å². The van der Waals surface area contributed by atoms with Crippen LogP contribution in [0.25, 0.3) is 44.1 Å². The molecule has 0 fully saturated rings. The summed E-state index contributed by atoms with van der Waals surface area (Å²) in [6, 6.07) is 25.0. The minimum Gasteiger partial charge on any atom is -0.287 e. The lowest BCUT2D eigenvalue weighted by Crippen LogP contribution is -2.24. The lowest BCUT2D eigenvalue weighted by molar-refractivity contribution is 0.761. The van der Waals surface area contributed by atoms with Crippen molar-refractivity contribution in [1.29, 1.82) is 0 Å². The molecule has 0 amide bonds. The predicted molar refractivity (Wildman–Crippen MR) is 138 cm³/mol. The molecule has 0 spiro atoms.